The van der Waals surface area contributed by atoms with Crippen LogP contribution in [0.3, 0.4) is 0 Å². The van der Waals surface area contributed by atoms with Gasteiger partial charge in [0.05, 0.1) is 13.4 Å². The number of nitrogens with zero attached hydrogens (tertiary/aromatic N) is 1. The van der Waals surface area contributed by atoms with Crippen LogP contribution in [0.15, 0.2) is 0 Å². The molecule has 1 atom stereocenters. The van der Waals surface area contributed by atoms with Crippen molar-refractivity contribution in [3.05, 3.63) is 0 Å². The van der Waals surface area contributed by atoms with Gasteiger partial charge in [0.2, 0.25) is 0 Å². The van der Waals surface area contributed by atoms with Gasteiger partial charge < -0.3 is 4.90 Å². The van der Waals surface area contributed by atoms with Gasteiger partial charge >= 0.3 is 0 Å². The predicted molar refractivity (Wildman–Crippen MR) is 42.1 cm³/mol. The zero-order valence-corrected chi connectivity index (χ0v) is 7.56. The van der Waals surface area contributed by atoms with E-state index in [1.54, 1.807) is 0 Å². The van der Waals surface area contributed by atoms with E-state index in [-0.39, 0.29) is 0 Å². The first-order valence-electron chi connectivity index (χ1n) is 2.34. The monoisotopic (exact) mass is 184 g/mol. The fraction of sp³-hybridized carbons (Fsp3) is 1.00. The Labute approximate surface area is 55.0 Å². The fourth-order valence-electron chi connectivity index (χ4n) is 0.307. The first kappa shape index (κ1) is 7.87. The zero-order chi connectivity index (χ0) is 5.70. The summed E-state index contributed by atoms with van der Waals surface area (Å²) in [4.78, 5) is 2.20. The van der Waals surface area contributed by atoms with Gasteiger partial charge in [-0.1, -0.05) is 0 Å². The third-order valence-corrected chi connectivity index (χ3v) is 2.54. The van der Waals surface area contributed by atoms with Gasteiger partial charge in [-0.05, 0) is 14.1 Å². The summed E-state index contributed by atoms with van der Waals surface area (Å²) in [7, 11) is 4.73. The summed E-state index contributed by atoms with van der Waals surface area (Å²) >= 11 is 3.43. The van der Waals surface area contributed by atoms with E-state index in [0.29, 0.717) is 7.28 Å². The fourth-order valence-corrected chi connectivity index (χ4v) is 1.54. The molecule has 0 heterocycles. The van der Waals surface area contributed by atoms with Crippen LogP contribution in [0.4, 0.5) is 0 Å². The van der Waals surface area contributed by atoms with Crippen LogP contribution >= 0.6 is 22.8 Å². The molecule has 0 aromatic heterocycles. The van der Waals surface area contributed by atoms with Crippen LogP contribution in [-0.2, 0) is 0 Å². The maximum Gasteiger partial charge on any atom is 0.133 e. The molecule has 0 fully saturated rings. The largest absolute Gasteiger partial charge is 0.306 e. The van der Waals surface area contributed by atoms with E-state index in [0.717, 1.165) is 0 Å². The first-order valence-corrected chi connectivity index (χ1v) is 6.34. The number of rotatable bonds is 3. The minimum absolute atomic E-state index is 0.532. The van der Waals surface area contributed by atoms with Crippen LogP contribution in [-0.4, -0.2) is 31.7 Å². The zero-order valence-electron chi connectivity index (χ0n) is 4.82. The summed E-state index contributed by atoms with van der Waals surface area (Å²) in [6.45, 7) is 1.22. The van der Waals surface area contributed by atoms with Crippen molar-refractivity contribution in [2.45, 2.75) is 0 Å². The molecule has 1 nitrogen and oxygen atoms in total. The summed E-state index contributed by atoms with van der Waals surface area (Å²) < 4.78 is 0. The Kier molecular flexibility index (Phi) is 5.64. The van der Waals surface area contributed by atoms with Crippen molar-refractivity contribution in [2.24, 2.45) is 0 Å². The minimum atomic E-state index is 0.532. The molecule has 3 heteroatoms. The Morgan fingerprint density at radius 2 is 2.14 bits per heavy atom. The quantitative estimate of drug-likeness (QED) is 0.598. The lowest BCUT2D eigenvalue weighted by Gasteiger charge is -2.02. The molecule has 1 unspecified atom stereocenters. The normalized spacial score (nSPS) is 12.0. The molecule has 0 aliphatic heterocycles. The number of hydrogen-bond acceptors (Lipinski definition) is 1. The molecular weight excluding hydrogens is 173 g/mol. The smallest absolute Gasteiger partial charge is 0.133 e. The average Bonchev–Trinajstić information content (AvgIpc) is 1.61. The summed E-state index contributed by atoms with van der Waals surface area (Å²) in [5, 5.41) is 0. The van der Waals surface area contributed by atoms with Crippen molar-refractivity contribution >= 4 is 22.8 Å². The van der Waals surface area contributed by atoms with Gasteiger partial charge in [0, 0.05) is 6.54 Å². The van der Waals surface area contributed by atoms with Crippen LogP contribution in [0.1, 0.15) is 0 Å². The van der Waals surface area contributed by atoms with Crippen LogP contribution in [0.5, 0.6) is 0 Å². The molecule has 0 N–H and O–H groups in total. The molecule has 0 aliphatic carbocycles. The van der Waals surface area contributed by atoms with Gasteiger partial charge in [-0.3, -0.25) is 0 Å². The van der Waals surface area contributed by atoms with E-state index >= 15 is 0 Å². The van der Waals surface area contributed by atoms with Gasteiger partial charge in [-0.25, -0.2) is 0 Å². The Hall–Kier alpha value is 0.870. The lowest BCUT2D eigenvalue weighted by Crippen LogP contribution is -2.13. The number of hydrogen-bond donors (Lipinski definition) is 0. The third-order valence-electron chi connectivity index (χ3n) is 0.685. The molecule has 0 aromatic rings. The third kappa shape index (κ3) is 6.87. The van der Waals surface area contributed by atoms with Gasteiger partial charge in [0.25, 0.3) is 0 Å². The molecule has 0 saturated heterocycles. The molecule has 0 bridgehead atoms. The standard InChI is InChI=1S/C4H11BrNP/c1-6(2)3-4-7-5/h7H,3-4H2,1-2H3/p+1. The van der Waals surface area contributed by atoms with E-state index in [1.807, 2.05) is 0 Å². The second-order valence-corrected chi connectivity index (χ2v) is 4.57. The maximum absolute atomic E-state index is 3.43. The molecule has 0 saturated carbocycles. The van der Waals surface area contributed by atoms with Crippen LogP contribution in [0.2, 0.25) is 0 Å². The lowest BCUT2D eigenvalue weighted by atomic mass is 10.7. The van der Waals surface area contributed by atoms with Crippen molar-refractivity contribution < 1.29 is 0 Å². The number of halogens is 1. The summed E-state index contributed by atoms with van der Waals surface area (Å²) in [6.07, 6.45) is 1.33. The van der Waals surface area contributed by atoms with Crippen molar-refractivity contribution in [1.82, 2.24) is 4.90 Å². The Morgan fingerprint density at radius 3 is 2.29 bits per heavy atom. The summed E-state index contributed by atoms with van der Waals surface area (Å²) in [5.74, 6) is 0. The molecular formula is C4H12BrNP+. The second-order valence-electron chi connectivity index (χ2n) is 1.75. The van der Waals surface area contributed by atoms with Crippen LogP contribution < -0.4 is 0 Å². The highest BCUT2D eigenvalue weighted by Crippen LogP contribution is 2.17. The van der Waals surface area contributed by atoms with E-state index in [4.69, 9.17) is 0 Å². The van der Waals surface area contributed by atoms with E-state index in [1.165, 1.54) is 12.7 Å². The highest BCUT2D eigenvalue weighted by molar-refractivity contribution is 9.36. The van der Waals surface area contributed by atoms with Crippen molar-refractivity contribution in [2.75, 3.05) is 26.8 Å². The van der Waals surface area contributed by atoms with Crippen molar-refractivity contribution in [3.8, 4) is 0 Å². The summed E-state index contributed by atoms with van der Waals surface area (Å²) in [5.41, 5.74) is 0. The molecule has 0 radical (unpaired) electrons. The summed E-state index contributed by atoms with van der Waals surface area (Å²) in [6, 6.07) is 0. The van der Waals surface area contributed by atoms with E-state index in [9.17, 15) is 0 Å². The molecule has 7 heavy (non-hydrogen) atoms. The van der Waals surface area contributed by atoms with Gasteiger partial charge in [-0.15, -0.1) is 0 Å². The SMILES string of the molecule is CN(C)CC[PH2+]Br. The van der Waals surface area contributed by atoms with Gasteiger partial charge in [0.1, 0.15) is 15.5 Å². The second kappa shape index (κ2) is 5.02. The van der Waals surface area contributed by atoms with E-state index in [2.05, 4.69) is 34.5 Å². The average molecular weight is 185 g/mol. The Balaban J connectivity index is 2.68. The highest BCUT2D eigenvalue weighted by atomic mass is 79.9. The highest BCUT2D eigenvalue weighted by Gasteiger charge is 1.89. The van der Waals surface area contributed by atoms with Crippen molar-refractivity contribution in [1.29, 1.82) is 0 Å². The Bertz CT molecular complexity index is 40.7. The maximum atomic E-state index is 3.43. The molecule has 0 aliphatic rings. The lowest BCUT2D eigenvalue weighted by molar-refractivity contribution is 0.437. The van der Waals surface area contributed by atoms with Crippen LogP contribution in [0.25, 0.3) is 0 Å². The Morgan fingerprint density at radius 1 is 1.57 bits per heavy atom. The molecule has 0 rings (SSSR count). The molecule has 0 aromatic carbocycles. The van der Waals surface area contributed by atoms with Gasteiger partial charge in [-0.2, -0.15) is 0 Å². The van der Waals surface area contributed by atoms with Crippen LogP contribution in [0, 0.1) is 0 Å². The molecule has 44 valence electrons. The predicted octanol–water partition coefficient (Wildman–Crippen LogP) is 1.27. The first-order chi connectivity index (χ1) is 3.27. The van der Waals surface area contributed by atoms with E-state index < -0.39 is 0 Å². The minimum Gasteiger partial charge on any atom is -0.306 e. The van der Waals surface area contributed by atoms with Gasteiger partial charge in [0.15, 0.2) is 0 Å². The topological polar surface area (TPSA) is 3.24 Å². The molecule has 0 amide bonds. The van der Waals surface area contributed by atoms with Crippen molar-refractivity contribution in [3.63, 3.8) is 0 Å². The molecule has 0 spiro atoms.